The smallest absolute Gasteiger partial charge is 0.258 e. The van der Waals surface area contributed by atoms with Gasteiger partial charge >= 0.3 is 0 Å². The number of aryl methyl sites for hydroxylation is 1. The Hall–Kier alpha value is -4.06. The Morgan fingerprint density at radius 3 is 2.58 bits per heavy atom. The molecule has 0 aliphatic carbocycles. The van der Waals surface area contributed by atoms with Crippen LogP contribution in [0.15, 0.2) is 91.3 Å². The standard InChI is InChI=1S/C27H27N3O3/c1-30-16-15-28-27(30)26(22-12-8-13-23(18-22)32-2)29-25(31)19-33-24-14-7-6-11-21(24)17-20-9-4-3-5-10-20/h3-16,18,26H,17,19H2,1-2H3,(H,29,31). The average molecular weight is 442 g/mol. The molecule has 33 heavy (non-hydrogen) atoms. The first kappa shape index (κ1) is 22.1. The van der Waals surface area contributed by atoms with Crippen molar-refractivity contribution in [3.63, 3.8) is 0 Å². The maximum absolute atomic E-state index is 12.9. The SMILES string of the molecule is COc1cccc(C(NC(=O)COc2ccccc2Cc2ccccc2)c2nccn2C)c1. The molecule has 0 aliphatic rings. The van der Waals surface area contributed by atoms with Crippen LogP contribution in [0.1, 0.15) is 28.6 Å². The minimum atomic E-state index is -0.434. The van der Waals surface area contributed by atoms with E-state index in [-0.39, 0.29) is 12.5 Å². The summed E-state index contributed by atoms with van der Waals surface area (Å²) in [6.07, 6.45) is 4.30. The lowest BCUT2D eigenvalue weighted by atomic mass is 10.0. The predicted octanol–water partition coefficient (Wildman–Crippen LogP) is 4.30. The van der Waals surface area contributed by atoms with Gasteiger partial charge < -0.3 is 19.4 Å². The molecule has 1 N–H and O–H groups in total. The van der Waals surface area contributed by atoms with Crippen LogP contribution >= 0.6 is 0 Å². The number of nitrogens with one attached hydrogen (secondary N) is 1. The zero-order valence-electron chi connectivity index (χ0n) is 18.8. The molecule has 1 aromatic heterocycles. The van der Waals surface area contributed by atoms with Crippen LogP contribution in [-0.2, 0) is 18.3 Å². The fourth-order valence-corrected chi connectivity index (χ4v) is 3.73. The molecule has 1 heterocycles. The van der Waals surface area contributed by atoms with Gasteiger partial charge in [-0.2, -0.15) is 0 Å². The first-order chi connectivity index (χ1) is 16.1. The second kappa shape index (κ2) is 10.5. The molecule has 1 amide bonds. The largest absolute Gasteiger partial charge is 0.497 e. The van der Waals surface area contributed by atoms with Crippen LogP contribution in [0.4, 0.5) is 0 Å². The van der Waals surface area contributed by atoms with Gasteiger partial charge in [-0.15, -0.1) is 0 Å². The number of carbonyl (C=O) groups is 1. The highest BCUT2D eigenvalue weighted by atomic mass is 16.5. The highest BCUT2D eigenvalue weighted by molar-refractivity contribution is 5.78. The lowest BCUT2D eigenvalue weighted by molar-refractivity contribution is -0.123. The number of imidazole rings is 1. The highest BCUT2D eigenvalue weighted by Crippen LogP contribution is 2.25. The van der Waals surface area contributed by atoms with Crippen LogP contribution in [0.2, 0.25) is 0 Å². The molecular formula is C27H27N3O3. The highest BCUT2D eigenvalue weighted by Gasteiger charge is 2.21. The third kappa shape index (κ3) is 5.60. The van der Waals surface area contributed by atoms with Crippen molar-refractivity contribution in [3.8, 4) is 11.5 Å². The molecule has 6 nitrogen and oxygen atoms in total. The Bertz CT molecular complexity index is 1200. The van der Waals surface area contributed by atoms with Gasteiger partial charge in [0, 0.05) is 25.9 Å². The topological polar surface area (TPSA) is 65.4 Å². The zero-order chi connectivity index (χ0) is 23.0. The molecule has 4 aromatic rings. The summed E-state index contributed by atoms with van der Waals surface area (Å²) in [4.78, 5) is 17.4. The summed E-state index contributed by atoms with van der Waals surface area (Å²) in [5.41, 5.74) is 3.09. The number of carbonyl (C=O) groups excluding carboxylic acids is 1. The predicted molar refractivity (Wildman–Crippen MR) is 127 cm³/mol. The van der Waals surface area contributed by atoms with E-state index in [0.717, 1.165) is 23.4 Å². The molecule has 0 fully saturated rings. The summed E-state index contributed by atoms with van der Waals surface area (Å²) in [6, 6.07) is 25.2. The third-order valence-corrected chi connectivity index (χ3v) is 5.42. The van der Waals surface area contributed by atoms with Crippen molar-refractivity contribution in [2.75, 3.05) is 13.7 Å². The Morgan fingerprint density at radius 2 is 1.82 bits per heavy atom. The van der Waals surface area contributed by atoms with E-state index in [0.29, 0.717) is 11.5 Å². The minimum absolute atomic E-state index is 0.101. The van der Waals surface area contributed by atoms with Crippen molar-refractivity contribution in [1.29, 1.82) is 0 Å². The minimum Gasteiger partial charge on any atom is -0.497 e. The van der Waals surface area contributed by atoms with Crippen LogP contribution in [0.5, 0.6) is 11.5 Å². The fourth-order valence-electron chi connectivity index (χ4n) is 3.73. The molecule has 1 unspecified atom stereocenters. The molecule has 0 saturated carbocycles. The van der Waals surface area contributed by atoms with Crippen molar-refractivity contribution in [2.45, 2.75) is 12.5 Å². The van der Waals surface area contributed by atoms with Crippen LogP contribution in [0, 0.1) is 0 Å². The molecule has 4 rings (SSSR count). The lowest BCUT2D eigenvalue weighted by Gasteiger charge is -2.20. The number of rotatable bonds is 9. The van der Waals surface area contributed by atoms with Crippen molar-refractivity contribution in [1.82, 2.24) is 14.9 Å². The summed E-state index contributed by atoms with van der Waals surface area (Å²) in [6.45, 7) is -0.101. The number of aromatic nitrogens is 2. The number of amides is 1. The van der Waals surface area contributed by atoms with Gasteiger partial charge in [0.2, 0.25) is 0 Å². The van der Waals surface area contributed by atoms with E-state index in [9.17, 15) is 4.79 Å². The van der Waals surface area contributed by atoms with Gasteiger partial charge in [-0.1, -0.05) is 60.7 Å². The summed E-state index contributed by atoms with van der Waals surface area (Å²) in [5.74, 6) is 1.90. The quantitative estimate of drug-likeness (QED) is 0.421. The first-order valence-electron chi connectivity index (χ1n) is 10.8. The van der Waals surface area contributed by atoms with Crippen LogP contribution in [0.25, 0.3) is 0 Å². The number of benzene rings is 3. The molecule has 3 aromatic carbocycles. The Labute approximate surface area is 193 Å². The third-order valence-electron chi connectivity index (χ3n) is 5.42. The van der Waals surface area contributed by atoms with E-state index in [4.69, 9.17) is 9.47 Å². The van der Waals surface area contributed by atoms with Crippen molar-refractivity contribution in [2.24, 2.45) is 7.05 Å². The van der Waals surface area contributed by atoms with Crippen LogP contribution in [-0.4, -0.2) is 29.2 Å². The Morgan fingerprint density at radius 1 is 1.03 bits per heavy atom. The fraction of sp³-hybridized carbons (Fsp3) is 0.185. The number of hydrogen-bond acceptors (Lipinski definition) is 4. The normalized spacial score (nSPS) is 11.6. The van der Waals surface area contributed by atoms with E-state index in [1.165, 1.54) is 5.56 Å². The average Bonchev–Trinajstić information content (AvgIpc) is 3.28. The van der Waals surface area contributed by atoms with Gasteiger partial charge in [0.05, 0.1) is 7.11 Å². The molecule has 0 radical (unpaired) electrons. The molecular weight excluding hydrogens is 414 g/mol. The first-order valence-corrected chi connectivity index (χ1v) is 10.8. The van der Waals surface area contributed by atoms with Gasteiger partial charge in [-0.3, -0.25) is 4.79 Å². The van der Waals surface area contributed by atoms with Crippen molar-refractivity contribution >= 4 is 5.91 Å². The van der Waals surface area contributed by atoms with Crippen molar-refractivity contribution < 1.29 is 14.3 Å². The van der Waals surface area contributed by atoms with E-state index in [1.807, 2.05) is 84.5 Å². The molecule has 6 heteroatoms. The van der Waals surface area contributed by atoms with Crippen LogP contribution in [0.3, 0.4) is 0 Å². The molecule has 1 atom stereocenters. The summed E-state index contributed by atoms with van der Waals surface area (Å²) in [7, 11) is 3.52. The number of para-hydroxylation sites is 1. The maximum atomic E-state index is 12.9. The second-order valence-electron chi connectivity index (χ2n) is 7.73. The molecule has 0 saturated heterocycles. The number of methoxy groups -OCH3 is 1. The lowest BCUT2D eigenvalue weighted by Crippen LogP contribution is -2.34. The van der Waals surface area contributed by atoms with Gasteiger partial charge in [0.1, 0.15) is 23.4 Å². The van der Waals surface area contributed by atoms with Gasteiger partial charge in [-0.25, -0.2) is 4.98 Å². The Balaban J connectivity index is 1.48. The van der Waals surface area contributed by atoms with E-state index >= 15 is 0 Å². The second-order valence-corrected chi connectivity index (χ2v) is 7.73. The number of ether oxygens (including phenoxy) is 2. The maximum Gasteiger partial charge on any atom is 0.258 e. The summed E-state index contributed by atoms with van der Waals surface area (Å²) < 4.78 is 13.2. The van der Waals surface area contributed by atoms with Crippen LogP contribution < -0.4 is 14.8 Å². The molecule has 0 spiro atoms. The Kier molecular flexibility index (Phi) is 7.05. The monoisotopic (exact) mass is 441 g/mol. The number of hydrogen-bond donors (Lipinski definition) is 1. The molecule has 0 bridgehead atoms. The van der Waals surface area contributed by atoms with E-state index in [2.05, 4.69) is 22.4 Å². The zero-order valence-corrected chi connectivity index (χ0v) is 18.8. The van der Waals surface area contributed by atoms with Crippen molar-refractivity contribution in [3.05, 3.63) is 114 Å². The van der Waals surface area contributed by atoms with E-state index in [1.54, 1.807) is 13.3 Å². The molecule has 168 valence electrons. The van der Waals surface area contributed by atoms with E-state index < -0.39 is 6.04 Å². The molecule has 0 aliphatic heterocycles. The van der Waals surface area contributed by atoms with Gasteiger partial charge in [0.15, 0.2) is 6.61 Å². The summed E-state index contributed by atoms with van der Waals surface area (Å²) in [5, 5.41) is 3.06. The summed E-state index contributed by atoms with van der Waals surface area (Å²) >= 11 is 0. The van der Waals surface area contributed by atoms with Gasteiger partial charge in [0.25, 0.3) is 5.91 Å². The van der Waals surface area contributed by atoms with Gasteiger partial charge in [-0.05, 0) is 34.9 Å². The number of nitrogens with zero attached hydrogens (tertiary/aromatic N) is 2.